The molecule has 0 aliphatic heterocycles. The van der Waals surface area contributed by atoms with Crippen LogP contribution in [0, 0.1) is 0 Å². The molecule has 0 spiro atoms. The van der Waals surface area contributed by atoms with Gasteiger partial charge in [0.05, 0.1) is 6.61 Å². The molecule has 1 N–H and O–H groups in total. The molecule has 0 atom stereocenters. The summed E-state index contributed by atoms with van der Waals surface area (Å²) in [6.07, 6.45) is 3.44. The highest BCUT2D eigenvalue weighted by molar-refractivity contribution is 5.87. The maximum absolute atomic E-state index is 11.1. The molecule has 0 fully saturated rings. The molecule has 0 heterocycles. The highest BCUT2D eigenvalue weighted by atomic mass is 16.5. The standard InChI is InChI=1S/C9H17NO2.C3H4O2/c1-5-6-12-9(11)8(2)7-10(3)4;1-2-3(4)5/h7H,5-6H2,1-4H3;2H,1H2,(H,4,5). The third-order valence-corrected chi connectivity index (χ3v) is 1.39. The Morgan fingerprint density at radius 2 is 1.88 bits per heavy atom. The summed E-state index contributed by atoms with van der Waals surface area (Å²) in [5.74, 6) is -1.21. The molecule has 0 amide bonds. The largest absolute Gasteiger partial charge is 0.478 e. The number of carbonyl (C=O) groups excluding carboxylic acids is 1. The number of nitrogens with zero attached hydrogens (tertiary/aromatic N) is 1. The van der Waals surface area contributed by atoms with Crippen LogP contribution in [0.1, 0.15) is 20.3 Å². The van der Waals surface area contributed by atoms with Crippen molar-refractivity contribution in [2.24, 2.45) is 0 Å². The van der Waals surface area contributed by atoms with Gasteiger partial charge in [0, 0.05) is 31.9 Å². The topological polar surface area (TPSA) is 66.8 Å². The first-order chi connectivity index (χ1) is 7.84. The van der Waals surface area contributed by atoms with Crippen LogP contribution in [0.25, 0.3) is 0 Å². The van der Waals surface area contributed by atoms with Crippen LogP contribution in [0.5, 0.6) is 0 Å². The summed E-state index contributed by atoms with van der Waals surface area (Å²) < 4.78 is 4.92. The Kier molecular flexibility index (Phi) is 11.1. The third kappa shape index (κ3) is 14.2. The van der Waals surface area contributed by atoms with Crippen LogP contribution in [0.3, 0.4) is 0 Å². The molecule has 0 rings (SSSR count). The second kappa shape index (κ2) is 10.7. The molecule has 0 aromatic rings. The number of esters is 1. The zero-order valence-corrected chi connectivity index (χ0v) is 10.9. The molecule has 0 bridgehead atoms. The Morgan fingerprint density at radius 3 is 2.18 bits per heavy atom. The SMILES string of the molecule is C=CC(=O)O.CCCOC(=O)C(C)=CN(C)C. The fourth-order valence-corrected chi connectivity index (χ4v) is 0.749. The van der Waals surface area contributed by atoms with Crippen molar-refractivity contribution < 1.29 is 19.4 Å². The molecule has 0 radical (unpaired) electrons. The average Bonchev–Trinajstić information content (AvgIpc) is 2.25. The van der Waals surface area contributed by atoms with Crippen molar-refractivity contribution in [3.05, 3.63) is 24.4 Å². The van der Waals surface area contributed by atoms with Gasteiger partial charge in [0.25, 0.3) is 0 Å². The number of carboxylic acid groups (broad SMARTS) is 1. The first kappa shape index (κ1) is 17.6. The number of rotatable bonds is 5. The Labute approximate surface area is 102 Å². The number of hydrogen-bond acceptors (Lipinski definition) is 4. The summed E-state index contributed by atoms with van der Waals surface area (Å²) in [6, 6.07) is 0. The van der Waals surface area contributed by atoms with Crippen molar-refractivity contribution in [3.8, 4) is 0 Å². The van der Waals surface area contributed by atoms with Gasteiger partial charge in [-0.05, 0) is 13.3 Å². The van der Waals surface area contributed by atoms with Gasteiger partial charge in [0.1, 0.15) is 0 Å². The molecule has 0 aliphatic rings. The number of aliphatic carboxylic acids is 1. The van der Waals surface area contributed by atoms with Crippen molar-refractivity contribution >= 4 is 11.9 Å². The zero-order valence-electron chi connectivity index (χ0n) is 10.9. The van der Waals surface area contributed by atoms with Crippen LogP contribution in [0.4, 0.5) is 0 Å². The summed E-state index contributed by atoms with van der Waals surface area (Å²) in [7, 11) is 3.74. The second-order valence-corrected chi connectivity index (χ2v) is 3.45. The van der Waals surface area contributed by atoms with Crippen LogP contribution in [-0.2, 0) is 14.3 Å². The predicted molar refractivity (Wildman–Crippen MR) is 66.5 cm³/mol. The van der Waals surface area contributed by atoms with Crippen LogP contribution in [0.15, 0.2) is 24.4 Å². The second-order valence-electron chi connectivity index (χ2n) is 3.45. The maximum atomic E-state index is 11.1. The van der Waals surface area contributed by atoms with E-state index in [4.69, 9.17) is 9.84 Å². The number of carboxylic acids is 1. The molecule has 0 unspecified atom stereocenters. The van der Waals surface area contributed by atoms with E-state index >= 15 is 0 Å². The van der Waals surface area contributed by atoms with Crippen LogP contribution >= 0.6 is 0 Å². The van der Waals surface area contributed by atoms with E-state index in [0.29, 0.717) is 12.2 Å². The van der Waals surface area contributed by atoms with Gasteiger partial charge in [-0.25, -0.2) is 9.59 Å². The number of ether oxygens (including phenoxy) is 1. The fourth-order valence-electron chi connectivity index (χ4n) is 0.749. The van der Waals surface area contributed by atoms with Gasteiger partial charge in [-0.3, -0.25) is 0 Å². The van der Waals surface area contributed by atoms with E-state index in [1.807, 2.05) is 25.9 Å². The van der Waals surface area contributed by atoms with E-state index in [1.54, 1.807) is 13.1 Å². The van der Waals surface area contributed by atoms with Crippen LogP contribution in [0.2, 0.25) is 0 Å². The molecule has 98 valence electrons. The summed E-state index contributed by atoms with van der Waals surface area (Å²) in [6.45, 7) is 7.18. The summed E-state index contributed by atoms with van der Waals surface area (Å²) in [5, 5.41) is 7.60. The molecule has 0 saturated carbocycles. The van der Waals surface area contributed by atoms with Gasteiger partial charge in [0.2, 0.25) is 0 Å². The zero-order chi connectivity index (χ0) is 13.8. The number of carbonyl (C=O) groups is 2. The minimum Gasteiger partial charge on any atom is -0.478 e. The van der Waals surface area contributed by atoms with E-state index < -0.39 is 5.97 Å². The molecular weight excluding hydrogens is 222 g/mol. The van der Waals surface area contributed by atoms with Crippen molar-refractivity contribution in [1.29, 1.82) is 0 Å². The predicted octanol–water partition coefficient (Wildman–Crippen LogP) is 1.66. The van der Waals surface area contributed by atoms with E-state index in [0.717, 1.165) is 12.5 Å². The van der Waals surface area contributed by atoms with Crippen LogP contribution in [-0.4, -0.2) is 42.6 Å². The smallest absolute Gasteiger partial charge is 0.335 e. The van der Waals surface area contributed by atoms with E-state index in [2.05, 4.69) is 6.58 Å². The van der Waals surface area contributed by atoms with Gasteiger partial charge < -0.3 is 14.7 Å². The highest BCUT2D eigenvalue weighted by Crippen LogP contribution is 1.97. The fraction of sp³-hybridized carbons (Fsp3) is 0.500. The number of hydrogen-bond donors (Lipinski definition) is 1. The summed E-state index contributed by atoms with van der Waals surface area (Å²) in [4.78, 5) is 22.2. The minimum absolute atomic E-state index is 0.231. The molecule has 5 heteroatoms. The molecule has 0 aromatic carbocycles. The first-order valence-corrected chi connectivity index (χ1v) is 5.22. The average molecular weight is 243 g/mol. The van der Waals surface area contributed by atoms with Crippen LogP contribution < -0.4 is 0 Å². The van der Waals surface area contributed by atoms with E-state index in [9.17, 15) is 9.59 Å². The molecule has 5 nitrogen and oxygen atoms in total. The molecule has 0 aromatic heterocycles. The van der Waals surface area contributed by atoms with E-state index in [1.165, 1.54) is 0 Å². The summed E-state index contributed by atoms with van der Waals surface area (Å²) >= 11 is 0. The lowest BCUT2D eigenvalue weighted by Gasteiger charge is -2.07. The van der Waals surface area contributed by atoms with Gasteiger partial charge in [0.15, 0.2) is 0 Å². The highest BCUT2D eigenvalue weighted by Gasteiger charge is 2.04. The maximum Gasteiger partial charge on any atom is 0.335 e. The van der Waals surface area contributed by atoms with Crippen molar-refractivity contribution in [2.75, 3.05) is 20.7 Å². The monoisotopic (exact) mass is 243 g/mol. The Hall–Kier alpha value is -1.78. The van der Waals surface area contributed by atoms with Gasteiger partial charge in [-0.2, -0.15) is 0 Å². The van der Waals surface area contributed by atoms with Crippen molar-refractivity contribution in [1.82, 2.24) is 4.90 Å². The first-order valence-electron chi connectivity index (χ1n) is 5.22. The molecule has 0 saturated heterocycles. The summed E-state index contributed by atoms with van der Waals surface area (Å²) in [5.41, 5.74) is 0.633. The van der Waals surface area contributed by atoms with Crippen molar-refractivity contribution in [3.63, 3.8) is 0 Å². The quantitative estimate of drug-likeness (QED) is 0.587. The van der Waals surface area contributed by atoms with E-state index in [-0.39, 0.29) is 5.97 Å². The Bertz CT molecular complexity index is 282. The normalized spacial score (nSPS) is 9.76. The molecular formula is C12H21NO4. The minimum atomic E-state index is -0.981. The van der Waals surface area contributed by atoms with Gasteiger partial charge in [-0.1, -0.05) is 13.5 Å². The Balaban J connectivity index is 0. The Morgan fingerprint density at radius 1 is 1.41 bits per heavy atom. The molecule has 0 aliphatic carbocycles. The van der Waals surface area contributed by atoms with Gasteiger partial charge >= 0.3 is 11.9 Å². The van der Waals surface area contributed by atoms with Gasteiger partial charge in [-0.15, -0.1) is 0 Å². The lowest BCUT2D eigenvalue weighted by Crippen LogP contribution is -2.10. The molecule has 17 heavy (non-hydrogen) atoms. The van der Waals surface area contributed by atoms with Crippen molar-refractivity contribution in [2.45, 2.75) is 20.3 Å². The third-order valence-electron chi connectivity index (χ3n) is 1.39. The lowest BCUT2D eigenvalue weighted by molar-refractivity contribution is -0.139. The lowest BCUT2D eigenvalue weighted by atomic mass is 10.3.